The summed E-state index contributed by atoms with van der Waals surface area (Å²) < 4.78 is 0. The summed E-state index contributed by atoms with van der Waals surface area (Å²) in [6.45, 7) is 8.83. The molecule has 1 radical (unpaired) electrons. The van der Waals surface area contributed by atoms with Gasteiger partial charge in [0.1, 0.15) is 0 Å². The molecule has 4 nitrogen and oxygen atoms in total. The summed E-state index contributed by atoms with van der Waals surface area (Å²) in [5, 5.41) is 0. The summed E-state index contributed by atoms with van der Waals surface area (Å²) in [5.74, 6) is 1.52. The van der Waals surface area contributed by atoms with E-state index in [0.29, 0.717) is 5.69 Å². The molecule has 0 atom stereocenters. The van der Waals surface area contributed by atoms with Crippen molar-refractivity contribution in [3.63, 3.8) is 0 Å². The molecule has 0 aromatic heterocycles. The maximum absolute atomic E-state index is 12.3. The normalized spacial score (nSPS) is 16.9. The van der Waals surface area contributed by atoms with Crippen LogP contribution in [0.25, 0.3) is 0 Å². The third kappa shape index (κ3) is 3.70. The smallest absolute Gasteiger partial charge is 0.253 e. The SMILES string of the molecule is C[C](C)CN1CCN(C(=O)c2ccc(N)cc2)CC1. The fourth-order valence-corrected chi connectivity index (χ4v) is 2.36. The Morgan fingerprint density at radius 1 is 1.11 bits per heavy atom. The van der Waals surface area contributed by atoms with Crippen LogP contribution < -0.4 is 5.73 Å². The number of hydrogen-bond donors (Lipinski definition) is 1. The molecule has 1 aliphatic rings. The molecule has 1 amide bonds. The molecule has 1 aromatic carbocycles. The third-order valence-electron chi connectivity index (χ3n) is 3.36. The van der Waals surface area contributed by atoms with Gasteiger partial charge in [-0.25, -0.2) is 0 Å². The Bertz CT molecular complexity index is 420. The second-order valence-corrected chi connectivity index (χ2v) is 5.40. The van der Waals surface area contributed by atoms with E-state index in [1.807, 2.05) is 4.90 Å². The van der Waals surface area contributed by atoms with Gasteiger partial charge >= 0.3 is 0 Å². The Kier molecular flexibility index (Phi) is 4.43. The number of nitrogens with two attached hydrogens (primary N) is 1. The summed E-state index contributed by atoms with van der Waals surface area (Å²) >= 11 is 0. The topological polar surface area (TPSA) is 49.6 Å². The molecule has 1 fully saturated rings. The minimum absolute atomic E-state index is 0.108. The largest absolute Gasteiger partial charge is 0.399 e. The van der Waals surface area contributed by atoms with Crippen LogP contribution in [-0.4, -0.2) is 48.4 Å². The maximum atomic E-state index is 12.3. The molecule has 1 heterocycles. The van der Waals surface area contributed by atoms with Crippen LogP contribution in [0.5, 0.6) is 0 Å². The molecule has 4 heteroatoms. The molecule has 2 rings (SSSR count). The Morgan fingerprint density at radius 3 is 2.21 bits per heavy atom. The summed E-state index contributed by atoms with van der Waals surface area (Å²) in [4.78, 5) is 16.6. The van der Waals surface area contributed by atoms with E-state index in [1.54, 1.807) is 24.3 Å². The van der Waals surface area contributed by atoms with E-state index in [0.717, 1.165) is 38.3 Å². The van der Waals surface area contributed by atoms with Crippen LogP contribution in [0.4, 0.5) is 5.69 Å². The first-order valence-corrected chi connectivity index (χ1v) is 6.72. The predicted molar refractivity (Wildman–Crippen MR) is 77.8 cm³/mol. The van der Waals surface area contributed by atoms with Crippen molar-refractivity contribution in [1.82, 2.24) is 9.80 Å². The Balaban J connectivity index is 1.90. The number of carbonyl (C=O) groups is 1. The van der Waals surface area contributed by atoms with Crippen LogP contribution in [0.15, 0.2) is 24.3 Å². The zero-order chi connectivity index (χ0) is 13.8. The highest BCUT2D eigenvalue weighted by Crippen LogP contribution is 2.12. The number of anilines is 1. The number of nitrogen functional groups attached to an aromatic ring is 1. The summed E-state index contributed by atoms with van der Waals surface area (Å²) in [7, 11) is 0. The third-order valence-corrected chi connectivity index (χ3v) is 3.36. The summed E-state index contributed by atoms with van der Waals surface area (Å²) in [5.41, 5.74) is 7.05. The van der Waals surface area contributed by atoms with Crippen molar-refractivity contribution in [2.24, 2.45) is 0 Å². The van der Waals surface area contributed by atoms with Gasteiger partial charge in [0, 0.05) is 44.0 Å². The Hall–Kier alpha value is -1.55. The molecule has 103 valence electrons. The van der Waals surface area contributed by atoms with Crippen LogP contribution in [0.3, 0.4) is 0 Å². The standard InChI is InChI=1S/C15H22N3O/c1-12(2)11-17-7-9-18(10-8-17)15(19)13-3-5-14(16)6-4-13/h3-6H,7-11,16H2,1-2H3. The van der Waals surface area contributed by atoms with Crippen LogP contribution in [0, 0.1) is 5.92 Å². The van der Waals surface area contributed by atoms with Gasteiger partial charge in [0.25, 0.3) is 5.91 Å². The molecule has 0 spiro atoms. The molecule has 1 aromatic rings. The average molecular weight is 260 g/mol. The minimum Gasteiger partial charge on any atom is -0.399 e. The summed E-state index contributed by atoms with van der Waals surface area (Å²) in [6, 6.07) is 7.15. The fraction of sp³-hybridized carbons (Fsp3) is 0.467. The molecule has 19 heavy (non-hydrogen) atoms. The molecule has 1 saturated heterocycles. The van der Waals surface area contributed by atoms with Gasteiger partial charge in [0.2, 0.25) is 0 Å². The first-order chi connectivity index (χ1) is 9.06. The zero-order valence-corrected chi connectivity index (χ0v) is 11.7. The molecule has 0 bridgehead atoms. The van der Waals surface area contributed by atoms with Gasteiger partial charge in [-0.3, -0.25) is 9.69 Å². The van der Waals surface area contributed by atoms with Crippen molar-refractivity contribution in [2.45, 2.75) is 13.8 Å². The minimum atomic E-state index is 0.108. The lowest BCUT2D eigenvalue weighted by Crippen LogP contribution is -2.49. The van der Waals surface area contributed by atoms with Gasteiger partial charge in [-0.15, -0.1) is 0 Å². The lowest BCUT2D eigenvalue weighted by molar-refractivity contribution is 0.0643. The number of hydrogen-bond acceptors (Lipinski definition) is 3. The number of piperazine rings is 1. The number of nitrogens with zero attached hydrogens (tertiary/aromatic N) is 2. The van der Waals surface area contributed by atoms with Crippen LogP contribution >= 0.6 is 0 Å². The first kappa shape index (κ1) is 13.9. The second-order valence-electron chi connectivity index (χ2n) is 5.40. The first-order valence-electron chi connectivity index (χ1n) is 6.72. The Morgan fingerprint density at radius 2 is 1.68 bits per heavy atom. The predicted octanol–water partition coefficient (Wildman–Crippen LogP) is 1.64. The van der Waals surface area contributed by atoms with Crippen LogP contribution in [0.2, 0.25) is 0 Å². The van der Waals surface area contributed by atoms with Gasteiger partial charge in [0.15, 0.2) is 0 Å². The van der Waals surface area contributed by atoms with Gasteiger partial charge in [-0.2, -0.15) is 0 Å². The van der Waals surface area contributed by atoms with Gasteiger partial charge in [-0.1, -0.05) is 13.8 Å². The molecule has 0 aliphatic carbocycles. The van der Waals surface area contributed by atoms with E-state index in [2.05, 4.69) is 18.7 Å². The van der Waals surface area contributed by atoms with Gasteiger partial charge in [-0.05, 0) is 30.2 Å². The van der Waals surface area contributed by atoms with E-state index in [-0.39, 0.29) is 5.91 Å². The van der Waals surface area contributed by atoms with E-state index >= 15 is 0 Å². The molecule has 0 saturated carbocycles. The summed E-state index contributed by atoms with van der Waals surface area (Å²) in [6.07, 6.45) is 0. The number of amides is 1. The lowest BCUT2D eigenvalue weighted by atomic mass is 10.1. The average Bonchev–Trinajstić information content (AvgIpc) is 2.39. The van der Waals surface area contributed by atoms with E-state index in [4.69, 9.17) is 5.73 Å². The monoisotopic (exact) mass is 260 g/mol. The molecular weight excluding hydrogens is 238 g/mol. The van der Waals surface area contributed by atoms with Crippen molar-refractivity contribution < 1.29 is 4.79 Å². The van der Waals surface area contributed by atoms with Crippen molar-refractivity contribution >= 4 is 11.6 Å². The lowest BCUT2D eigenvalue weighted by Gasteiger charge is -2.35. The van der Waals surface area contributed by atoms with Crippen LogP contribution in [0.1, 0.15) is 24.2 Å². The highest BCUT2D eigenvalue weighted by Gasteiger charge is 2.22. The van der Waals surface area contributed by atoms with Gasteiger partial charge in [0.05, 0.1) is 0 Å². The number of benzene rings is 1. The highest BCUT2D eigenvalue weighted by atomic mass is 16.2. The van der Waals surface area contributed by atoms with Crippen molar-refractivity contribution in [3.05, 3.63) is 35.7 Å². The van der Waals surface area contributed by atoms with Crippen molar-refractivity contribution in [3.8, 4) is 0 Å². The molecule has 0 unspecified atom stereocenters. The maximum Gasteiger partial charge on any atom is 0.253 e. The second kappa shape index (κ2) is 6.06. The van der Waals surface area contributed by atoms with E-state index < -0.39 is 0 Å². The van der Waals surface area contributed by atoms with E-state index in [1.165, 1.54) is 5.92 Å². The molecule has 1 aliphatic heterocycles. The number of rotatable bonds is 3. The fourth-order valence-electron chi connectivity index (χ4n) is 2.36. The molecular formula is C15H22N3O. The Labute approximate surface area is 115 Å². The van der Waals surface area contributed by atoms with Crippen molar-refractivity contribution in [1.29, 1.82) is 0 Å². The highest BCUT2D eigenvalue weighted by molar-refractivity contribution is 5.94. The van der Waals surface area contributed by atoms with Gasteiger partial charge < -0.3 is 10.6 Å². The van der Waals surface area contributed by atoms with Crippen molar-refractivity contribution in [2.75, 3.05) is 38.5 Å². The quantitative estimate of drug-likeness (QED) is 0.841. The van der Waals surface area contributed by atoms with Crippen LogP contribution in [-0.2, 0) is 0 Å². The molecule has 2 N–H and O–H groups in total. The van der Waals surface area contributed by atoms with E-state index in [9.17, 15) is 4.79 Å². The number of carbonyl (C=O) groups excluding carboxylic acids is 1. The zero-order valence-electron chi connectivity index (χ0n) is 11.7.